The Labute approximate surface area is 270 Å². The van der Waals surface area contributed by atoms with Crippen molar-refractivity contribution in [3.05, 3.63) is 76.7 Å². The summed E-state index contributed by atoms with van der Waals surface area (Å²) >= 11 is 6.03. The van der Waals surface area contributed by atoms with Crippen molar-refractivity contribution in [3.8, 4) is 11.3 Å². The van der Waals surface area contributed by atoms with Crippen molar-refractivity contribution < 1.29 is 31.1 Å². The second-order valence-corrected chi connectivity index (χ2v) is 14.8. The van der Waals surface area contributed by atoms with E-state index >= 15 is 4.39 Å². The second kappa shape index (κ2) is 13.5. The Hall–Kier alpha value is -3.77. The number of nitrogens with one attached hydrogen (secondary N) is 1. The van der Waals surface area contributed by atoms with E-state index in [0.29, 0.717) is 6.42 Å². The Bertz CT molecular complexity index is 1860. The molecule has 0 aliphatic heterocycles. The molecule has 2 aromatic carbocycles. The average molecular weight is 675 g/mol. The van der Waals surface area contributed by atoms with E-state index in [9.17, 15) is 22.0 Å². The lowest BCUT2D eigenvalue weighted by atomic mass is 9.84. The standard InChI is InChI=1S/C33H34ClF3N4O4S/c1-33(2,3)45-29(42)14-19-8-12-22(13-9-19)39-32-38-17-27-30(41-32)23(31(36)37)16-26(40-27)20-10-11-21(25(35)15-20)18-46(43,44)28-7-5-4-6-24(28)34/h4-7,10-11,15-17,19,22,31H,8-9,12-14,18H2,1-3H3,(H,38,39,41). The molecule has 8 nitrogen and oxygen atoms in total. The molecule has 46 heavy (non-hydrogen) atoms. The number of halogens is 4. The van der Waals surface area contributed by atoms with E-state index in [2.05, 4.69) is 20.3 Å². The molecule has 0 radical (unpaired) electrons. The predicted octanol–water partition coefficient (Wildman–Crippen LogP) is 8.10. The van der Waals surface area contributed by atoms with Gasteiger partial charge in [0, 0.05) is 29.2 Å². The highest BCUT2D eigenvalue weighted by atomic mass is 35.5. The van der Waals surface area contributed by atoms with Gasteiger partial charge in [-0.25, -0.2) is 36.5 Å². The fourth-order valence-electron chi connectivity index (χ4n) is 5.55. The number of carbonyl (C=O) groups is 1. The largest absolute Gasteiger partial charge is 0.460 e. The van der Waals surface area contributed by atoms with Gasteiger partial charge in [0.2, 0.25) is 5.95 Å². The number of sulfone groups is 1. The molecule has 0 spiro atoms. The first-order valence-corrected chi connectivity index (χ1v) is 16.9. The summed E-state index contributed by atoms with van der Waals surface area (Å²) in [4.78, 5) is 25.1. The lowest BCUT2D eigenvalue weighted by molar-refractivity contribution is -0.156. The van der Waals surface area contributed by atoms with Crippen LogP contribution in [0.25, 0.3) is 22.3 Å². The monoisotopic (exact) mass is 674 g/mol. The third-order valence-corrected chi connectivity index (χ3v) is 9.89. The number of fused-ring (bicyclic) bond motifs is 1. The molecule has 1 aliphatic carbocycles. The summed E-state index contributed by atoms with van der Waals surface area (Å²) in [5.74, 6) is -1.28. The number of esters is 1. The number of carbonyl (C=O) groups excluding carboxylic acids is 1. The van der Waals surface area contributed by atoms with Crippen LogP contribution in [0.4, 0.5) is 19.1 Å². The van der Waals surface area contributed by atoms with Gasteiger partial charge in [0.15, 0.2) is 9.84 Å². The number of rotatable bonds is 9. The molecule has 0 unspecified atom stereocenters. The summed E-state index contributed by atoms with van der Waals surface area (Å²) in [6.45, 7) is 5.51. The highest BCUT2D eigenvalue weighted by Crippen LogP contribution is 2.33. The van der Waals surface area contributed by atoms with Gasteiger partial charge in [-0.05, 0) is 76.6 Å². The smallest absolute Gasteiger partial charge is 0.306 e. The van der Waals surface area contributed by atoms with Gasteiger partial charge in [0.25, 0.3) is 6.43 Å². The number of ether oxygens (including phenoxy) is 1. The molecule has 1 fully saturated rings. The van der Waals surface area contributed by atoms with E-state index in [0.717, 1.165) is 37.8 Å². The molecule has 0 bridgehead atoms. The highest BCUT2D eigenvalue weighted by molar-refractivity contribution is 7.90. The molecule has 1 aliphatic rings. The normalized spacial score (nSPS) is 17.3. The zero-order chi connectivity index (χ0) is 33.2. The Kier molecular flexibility index (Phi) is 9.88. The van der Waals surface area contributed by atoms with E-state index in [1.54, 1.807) is 6.07 Å². The van der Waals surface area contributed by atoms with Crippen LogP contribution in [0, 0.1) is 11.7 Å². The minimum Gasteiger partial charge on any atom is -0.460 e. The maximum Gasteiger partial charge on any atom is 0.306 e. The number of pyridine rings is 1. The summed E-state index contributed by atoms with van der Waals surface area (Å²) in [5.41, 5.74) is -0.697. The van der Waals surface area contributed by atoms with Gasteiger partial charge in [-0.1, -0.05) is 35.9 Å². The SMILES string of the molecule is CC(C)(C)OC(=O)CC1CCC(Nc2ncc3nc(-c4ccc(CS(=O)(=O)c5ccccc5Cl)c(F)c4)cc(C(F)F)c3n2)CC1. The molecule has 244 valence electrons. The first-order valence-electron chi connectivity index (χ1n) is 14.9. The number of anilines is 1. The van der Waals surface area contributed by atoms with Gasteiger partial charge in [0.05, 0.1) is 27.6 Å². The summed E-state index contributed by atoms with van der Waals surface area (Å²) in [7, 11) is -3.95. The van der Waals surface area contributed by atoms with Crippen molar-refractivity contribution in [1.82, 2.24) is 15.0 Å². The topological polar surface area (TPSA) is 111 Å². The Morgan fingerprint density at radius 1 is 1.07 bits per heavy atom. The number of nitrogens with zero attached hydrogens (tertiary/aromatic N) is 3. The van der Waals surface area contributed by atoms with Crippen molar-refractivity contribution >= 4 is 44.4 Å². The van der Waals surface area contributed by atoms with Crippen LogP contribution in [0.15, 0.2) is 59.6 Å². The first-order chi connectivity index (χ1) is 21.7. The lowest BCUT2D eigenvalue weighted by Gasteiger charge is -2.29. The van der Waals surface area contributed by atoms with Crippen LogP contribution in [-0.2, 0) is 25.1 Å². The molecule has 1 saturated carbocycles. The fraction of sp³-hybridized carbons (Fsp3) is 0.394. The summed E-state index contributed by atoms with van der Waals surface area (Å²) in [5, 5.41) is 3.26. The average Bonchev–Trinajstić information content (AvgIpc) is 2.97. The molecule has 0 saturated heterocycles. The van der Waals surface area contributed by atoms with Crippen LogP contribution in [0.1, 0.15) is 70.4 Å². The quantitative estimate of drug-likeness (QED) is 0.177. The van der Waals surface area contributed by atoms with Gasteiger partial charge in [-0.15, -0.1) is 0 Å². The third-order valence-electron chi connectivity index (χ3n) is 7.73. The van der Waals surface area contributed by atoms with Crippen molar-refractivity contribution in [2.24, 2.45) is 5.92 Å². The molecule has 2 heterocycles. The van der Waals surface area contributed by atoms with E-state index in [1.165, 1.54) is 36.5 Å². The third kappa shape index (κ3) is 8.14. The maximum absolute atomic E-state index is 15.2. The second-order valence-electron chi connectivity index (χ2n) is 12.5. The van der Waals surface area contributed by atoms with Crippen LogP contribution in [-0.4, -0.2) is 41.0 Å². The zero-order valence-electron chi connectivity index (χ0n) is 25.6. The molecular formula is C33H34ClF3N4O4S. The van der Waals surface area contributed by atoms with E-state index < -0.39 is 39.0 Å². The molecule has 0 amide bonds. The molecule has 2 aromatic heterocycles. The maximum atomic E-state index is 15.2. The lowest BCUT2D eigenvalue weighted by Crippen LogP contribution is -2.30. The Morgan fingerprint density at radius 2 is 1.78 bits per heavy atom. The van der Waals surface area contributed by atoms with Gasteiger partial charge in [-0.2, -0.15) is 0 Å². The molecule has 13 heteroatoms. The minimum absolute atomic E-state index is 0.0118. The van der Waals surface area contributed by atoms with E-state index in [1.807, 2.05) is 20.8 Å². The Morgan fingerprint density at radius 3 is 2.43 bits per heavy atom. The molecule has 5 rings (SSSR count). The van der Waals surface area contributed by atoms with E-state index in [-0.39, 0.29) is 61.6 Å². The Balaban J connectivity index is 1.31. The predicted molar refractivity (Wildman–Crippen MR) is 170 cm³/mol. The molecule has 1 N–H and O–H groups in total. The van der Waals surface area contributed by atoms with Gasteiger partial charge >= 0.3 is 5.97 Å². The van der Waals surface area contributed by atoms with Crippen LogP contribution in [0.2, 0.25) is 5.02 Å². The number of alkyl halides is 2. The van der Waals surface area contributed by atoms with Gasteiger partial charge in [0.1, 0.15) is 22.5 Å². The number of hydrogen-bond acceptors (Lipinski definition) is 8. The summed E-state index contributed by atoms with van der Waals surface area (Å²) in [6.07, 6.45) is 1.92. The minimum atomic E-state index is -3.95. The number of benzene rings is 2. The fourth-order valence-corrected chi connectivity index (χ4v) is 7.49. The van der Waals surface area contributed by atoms with Crippen LogP contribution in [0.3, 0.4) is 0 Å². The van der Waals surface area contributed by atoms with Crippen molar-refractivity contribution in [2.75, 3.05) is 5.32 Å². The van der Waals surface area contributed by atoms with Crippen LogP contribution >= 0.6 is 11.6 Å². The summed E-state index contributed by atoms with van der Waals surface area (Å²) in [6, 6.07) is 10.8. The van der Waals surface area contributed by atoms with Crippen molar-refractivity contribution in [2.45, 2.75) is 81.6 Å². The van der Waals surface area contributed by atoms with Gasteiger partial charge < -0.3 is 10.1 Å². The van der Waals surface area contributed by atoms with Gasteiger partial charge in [-0.3, -0.25) is 4.79 Å². The van der Waals surface area contributed by atoms with Crippen LogP contribution in [0.5, 0.6) is 0 Å². The number of hydrogen-bond donors (Lipinski definition) is 1. The number of aromatic nitrogens is 3. The highest BCUT2D eigenvalue weighted by Gasteiger charge is 2.27. The van der Waals surface area contributed by atoms with Crippen molar-refractivity contribution in [1.29, 1.82) is 0 Å². The molecule has 0 atom stereocenters. The van der Waals surface area contributed by atoms with Crippen LogP contribution < -0.4 is 5.32 Å². The first kappa shape index (κ1) is 33.6. The van der Waals surface area contributed by atoms with E-state index in [4.69, 9.17) is 16.3 Å². The van der Waals surface area contributed by atoms with Crippen molar-refractivity contribution in [3.63, 3.8) is 0 Å². The molecule has 4 aromatic rings. The molecular weight excluding hydrogens is 641 g/mol. The summed E-state index contributed by atoms with van der Waals surface area (Å²) < 4.78 is 74.8. The zero-order valence-corrected chi connectivity index (χ0v) is 27.1.